The lowest BCUT2D eigenvalue weighted by molar-refractivity contribution is -0.0525. The number of ether oxygens (including phenoxy) is 1. The summed E-state index contributed by atoms with van der Waals surface area (Å²) in [7, 11) is 0. The number of hydrogen-bond donors (Lipinski definition) is 1. The van der Waals surface area contributed by atoms with Gasteiger partial charge in [0.25, 0.3) is 0 Å². The van der Waals surface area contributed by atoms with E-state index < -0.39 is 12.5 Å². The SMILES string of the molecule is OCC(F)(F)c1cnc(N2CCOCC2)s1. The van der Waals surface area contributed by atoms with Crippen LogP contribution in [0.25, 0.3) is 0 Å². The number of aliphatic hydroxyl groups is 1. The average molecular weight is 250 g/mol. The van der Waals surface area contributed by atoms with Crippen molar-refractivity contribution < 1.29 is 18.6 Å². The summed E-state index contributed by atoms with van der Waals surface area (Å²) in [5, 5.41) is 9.12. The minimum Gasteiger partial charge on any atom is -0.390 e. The van der Waals surface area contributed by atoms with Gasteiger partial charge in [0.05, 0.1) is 18.1 Å². The largest absolute Gasteiger partial charge is 0.390 e. The fourth-order valence-electron chi connectivity index (χ4n) is 1.41. The van der Waals surface area contributed by atoms with Crippen molar-refractivity contribution in [2.75, 3.05) is 37.8 Å². The molecule has 0 saturated carbocycles. The van der Waals surface area contributed by atoms with Crippen molar-refractivity contribution in [1.29, 1.82) is 0 Å². The average Bonchev–Trinajstić information content (AvgIpc) is 2.80. The van der Waals surface area contributed by atoms with Crippen LogP contribution >= 0.6 is 11.3 Å². The molecule has 90 valence electrons. The number of halogens is 2. The monoisotopic (exact) mass is 250 g/mol. The summed E-state index contributed by atoms with van der Waals surface area (Å²) in [5.41, 5.74) is 0. The summed E-state index contributed by atoms with van der Waals surface area (Å²) >= 11 is 0.920. The lowest BCUT2D eigenvalue weighted by Crippen LogP contribution is -2.36. The van der Waals surface area contributed by atoms with Crippen LogP contribution in [0.1, 0.15) is 4.88 Å². The van der Waals surface area contributed by atoms with Crippen molar-refractivity contribution in [2.45, 2.75) is 5.92 Å². The number of thiazole rings is 1. The topological polar surface area (TPSA) is 45.6 Å². The summed E-state index contributed by atoms with van der Waals surface area (Å²) in [6.07, 6.45) is 1.13. The number of rotatable bonds is 3. The van der Waals surface area contributed by atoms with Gasteiger partial charge in [0.15, 0.2) is 5.13 Å². The number of anilines is 1. The van der Waals surface area contributed by atoms with Crippen molar-refractivity contribution in [2.24, 2.45) is 0 Å². The third-order valence-corrected chi connectivity index (χ3v) is 3.50. The number of aliphatic hydroxyl groups excluding tert-OH is 1. The van der Waals surface area contributed by atoms with Crippen LogP contribution in [0.15, 0.2) is 6.20 Å². The Bertz CT molecular complexity index is 353. The molecule has 1 saturated heterocycles. The van der Waals surface area contributed by atoms with Gasteiger partial charge in [-0.3, -0.25) is 0 Å². The Labute approximate surface area is 95.5 Å². The van der Waals surface area contributed by atoms with E-state index >= 15 is 0 Å². The van der Waals surface area contributed by atoms with Crippen LogP contribution in [-0.4, -0.2) is 43.0 Å². The van der Waals surface area contributed by atoms with Gasteiger partial charge in [-0.1, -0.05) is 11.3 Å². The molecule has 0 radical (unpaired) electrons. The second-order valence-corrected chi connectivity index (χ2v) is 4.48. The summed E-state index contributed by atoms with van der Waals surface area (Å²) in [6, 6.07) is 0. The molecule has 1 aliphatic rings. The Hall–Kier alpha value is -0.790. The highest BCUT2D eigenvalue weighted by molar-refractivity contribution is 7.15. The van der Waals surface area contributed by atoms with Crippen LogP contribution in [0.4, 0.5) is 13.9 Å². The van der Waals surface area contributed by atoms with Gasteiger partial charge in [0.1, 0.15) is 6.61 Å². The Balaban J connectivity index is 2.12. The van der Waals surface area contributed by atoms with Gasteiger partial charge in [-0.15, -0.1) is 0 Å². The first kappa shape index (κ1) is 11.7. The molecule has 1 fully saturated rings. The number of nitrogens with zero attached hydrogens (tertiary/aromatic N) is 2. The van der Waals surface area contributed by atoms with E-state index in [2.05, 4.69) is 4.98 Å². The molecule has 0 spiro atoms. The molecule has 4 nitrogen and oxygen atoms in total. The molecule has 7 heteroatoms. The third-order valence-electron chi connectivity index (χ3n) is 2.33. The zero-order valence-corrected chi connectivity index (χ0v) is 9.34. The molecule has 2 rings (SSSR count). The van der Waals surface area contributed by atoms with E-state index in [0.29, 0.717) is 31.4 Å². The second-order valence-electron chi connectivity index (χ2n) is 3.47. The van der Waals surface area contributed by atoms with Crippen LogP contribution in [0.5, 0.6) is 0 Å². The second kappa shape index (κ2) is 4.60. The van der Waals surface area contributed by atoms with Gasteiger partial charge in [-0.25, -0.2) is 4.98 Å². The Morgan fingerprint density at radius 2 is 2.19 bits per heavy atom. The van der Waals surface area contributed by atoms with Gasteiger partial charge >= 0.3 is 5.92 Å². The first-order chi connectivity index (χ1) is 7.63. The minimum atomic E-state index is -3.19. The molecule has 0 unspecified atom stereocenters. The smallest absolute Gasteiger partial charge is 0.306 e. The van der Waals surface area contributed by atoms with E-state index in [4.69, 9.17) is 9.84 Å². The van der Waals surface area contributed by atoms with Crippen LogP contribution in [0, 0.1) is 0 Å². The molecule has 0 amide bonds. The van der Waals surface area contributed by atoms with E-state index in [1.165, 1.54) is 0 Å². The van der Waals surface area contributed by atoms with Gasteiger partial charge in [0.2, 0.25) is 0 Å². The van der Waals surface area contributed by atoms with Gasteiger partial charge < -0.3 is 14.7 Å². The van der Waals surface area contributed by atoms with Crippen molar-refractivity contribution in [1.82, 2.24) is 4.98 Å². The number of alkyl halides is 2. The van der Waals surface area contributed by atoms with E-state index in [1.54, 1.807) is 0 Å². The molecule has 0 aliphatic carbocycles. The zero-order valence-electron chi connectivity index (χ0n) is 8.53. The molecule has 0 bridgehead atoms. The number of hydrogen-bond acceptors (Lipinski definition) is 5. The molecular weight excluding hydrogens is 238 g/mol. The van der Waals surface area contributed by atoms with E-state index in [0.717, 1.165) is 17.5 Å². The fraction of sp³-hybridized carbons (Fsp3) is 0.667. The highest BCUT2D eigenvalue weighted by atomic mass is 32.1. The fourth-order valence-corrected chi connectivity index (χ4v) is 2.35. The van der Waals surface area contributed by atoms with Gasteiger partial charge in [-0.2, -0.15) is 8.78 Å². The predicted octanol–water partition coefficient (Wildman–Crippen LogP) is 1.06. The van der Waals surface area contributed by atoms with Crippen LogP contribution in [-0.2, 0) is 10.7 Å². The number of aromatic nitrogens is 1. The Morgan fingerprint density at radius 1 is 1.50 bits per heavy atom. The first-order valence-electron chi connectivity index (χ1n) is 4.91. The molecule has 1 aromatic heterocycles. The van der Waals surface area contributed by atoms with Gasteiger partial charge in [-0.05, 0) is 0 Å². The maximum atomic E-state index is 13.1. The van der Waals surface area contributed by atoms with Crippen LogP contribution in [0.3, 0.4) is 0 Å². The Morgan fingerprint density at radius 3 is 2.81 bits per heavy atom. The molecule has 1 aromatic rings. The van der Waals surface area contributed by atoms with E-state index in [1.807, 2.05) is 4.90 Å². The predicted molar refractivity (Wildman–Crippen MR) is 56.1 cm³/mol. The lowest BCUT2D eigenvalue weighted by atomic mass is 10.3. The highest BCUT2D eigenvalue weighted by Gasteiger charge is 2.33. The van der Waals surface area contributed by atoms with E-state index in [-0.39, 0.29) is 4.88 Å². The number of morpholine rings is 1. The maximum absolute atomic E-state index is 13.1. The maximum Gasteiger partial charge on any atom is 0.306 e. The van der Waals surface area contributed by atoms with E-state index in [9.17, 15) is 8.78 Å². The van der Waals surface area contributed by atoms with Gasteiger partial charge in [0, 0.05) is 19.3 Å². The molecule has 2 heterocycles. The summed E-state index contributed by atoms with van der Waals surface area (Å²) in [5.74, 6) is -3.19. The molecule has 0 aromatic carbocycles. The third kappa shape index (κ3) is 2.31. The van der Waals surface area contributed by atoms with Crippen molar-refractivity contribution in [3.05, 3.63) is 11.1 Å². The lowest BCUT2D eigenvalue weighted by Gasteiger charge is -2.26. The van der Waals surface area contributed by atoms with Crippen molar-refractivity contribution in [3.8, 4) is 0 Å². The normalized spacial score (nSPS) is 17.8. The molecule has 1 aliphatic heterocycles. The highest BCUT2D eigenvalue weighted by Crippen LogP contribution is 2.34. The van der Waals surface area contributed by atoms with Crippen LogP contribution < -0.4 is 4.90 Å². The standard InChI is InChI=1S/C9H12F2N2O2S/c10-9(11,6-14)7-5-12-8(16-7)13-1-3-15-4-2-13/h5,14H,1-4,6H2. The quantitative estimate of drug-likeness (QED) is 0.871. The van der Waals surface area contributed by atoms with Crippen molar-refractivity contribution in [3.63, 3.8) is 0 Å². The zero-order chi connectivity index (χ0) is 11.6. The molecule has 16 heavy (non-hydrogen) atoms. The minimum absolute atomic E-state index is 0.198. The summed E-state index contributed by atoms with van der Waals surface area (Å²) < 4.78 is 31.4. The summed E-state index contributed by atoms with van der Waals surface area (Å²) in [6.45, 7) is 1.32. The molecular formula is C9H12F2N2O2S. The van der Waals surface area contributed by atoms with Crippen molar-refractivity contribution >= 4 is 16.5 Å². The van der Waals surface area contributed by atoms with Crippen LogP contribution in [0.2, 0.25) is 0 Å². The molecule has 0 atom stereocenters. The summed E-state index contributed by atoms with van der Waals surface area (Å²) in [4.78, 5) is 5.66. The first-order valence-corrected chi connectivity index (χ1v) is 5.73. The molecule has 1 N–H and O–H groups in total. The Kier molecular flexibility index (Phi) is 3.36.